The summed E-state index contributed by atoms with van der Waals surface area (Å²) in [6.45, 7) is 4.12. The Labute approximate surface area is 206 Å². The summed E-state index contributed by atoms with van der Waals surface area (Å²) < 4.78 is 29.8. The minimum absolute atomic E-state index is 0.0878. The van der Waals surface area contributed by atoms with E-state index in [1.54, 1.807) is 6.92 Å². The van der Waals surface area contributed by atoms with E-state index in [1.165, 1.54) is 11.8 Å². The zero-order valence-electron chi connectivity index (χ0n) is 19.4. The fraction of sp³-hybridized carbons (Fsp3) is 0.476. The Morgan fingerprint density at radius 3 is 2.42 bits per heavy atom. The van der Waals surface area contributed by atoms with Crippen LogP contribution in [0.25, 0.3) is 0 Å². The molecule has 4 atom stereocenters. The molecule has 0 radical (unpaired) electrons. The van der Waals surface area contributed by atoms with Gasteiger partial charge in [-0.15, -0.1) is 0 Å². The molecule has 36 heavy (non-hydrogen) atoms. The molecule has 4 N–H and O–H groups in total. The number of hydrogen-bond acceptors (Lipinski definition) is 10. The Balaban J connectivity index is 1.54. The van der Waals surface area contributed by atoms with Gasteiger partial charge in [0.2, 0.25) is 5.91 Å². The van der Waals surface area contributed by atoms with Crippen LogP contribution in [-0.2, 0) is 24.5 Å². The molecule has 1 aromatic carbocycles. The lowest BCUT2D eigenvalue weighted by atomic mass is 9.77. The number of likely N-dealkylation sites (tertiary alicyclic amines) is 1. The average molecular weight is 524 g/mol. The number of carbonyl (C=O) groups excluding carboxylic acids is 3. The second kappa shape index (κ2) is 9.33. The maximum Gasteiger partial charge on any atom is 0.362 e. The highest BCUT2D eigenvalue weighted by Crippen LogP contribution is 2.47. The third-order valence-corrected chi connectivity index (χ3v) is 7.35. The predicted molar refractivity (Wildman–Crippen MR) is 122 cm³/mol. The highest BCUT2D eigenvalue weighted by molar-refractivity contribution is 7.87. The first-order valence-corrected chi connectivity index (χ1v) is 12.6. The smallest absolute Gasteiger partial charge is 0.362 e. The maximum atomic E-state index is 13.1. The number of non-ortho nitro benzene ring substituents is 1. The topological polar surface area (TPSA) is 202 Å². The number of aliphatic hydroxyl groups is 1. The second-order valence-corrected chi connectivity index (χ2v) is 10.5. The van der Waals surface area contributed by atoms with E-state index in [9.17, 15) is 38.0 Å². The lowest BCUT2D eigenvalue weighted by molar-refractivity contribution is -0.384. The molecule has 194 valence electrons. The first-order chi connectivity index (χ1) is 16.8. The number of amides is 1. The first-order valence-electron chi connectivity index (χ1n) is 11.1. The molecular weight excluding hydrogens is 498 g/mol. The lowest BCUT2D eigenvalue weighted by Crippen LogP contribution is -2.63. The maximum absolute atomic E-state index is 13.1. The van der Waals surface area contributed by atoms with Crippen LogP contribution in [0, 0.1) is 22.0 Å². The van der Waals surface area contributed by atoms with E-state index in [0.717, 1.165) is 24.3 Å². The molecule has 0 aliphatic carbocycles. The number of β-lactam (4-membered cyclic amide) rings is 1. The molecule has 15 heteroatoms. The van der Waals surface area contributed by atoms with Crippen LogP contribution < -0.4 is 9.86 Å². The summed E-state index contributed by atoms with van der Waals surface area (Å²) in [7, 11) is -3.87. The highest BCUT2D eigenvalue weighted by atomic mass is 32.2. The number of nitrogens with one attached hydrogen (secondary N) is 1. The van der Waals surface area contributed by atoms with Crippen LogP contribution in [0.5, 0.6) is 0 Å². The fourth-order valence-corrected chi connectivity index (χ4v) is 5.61. The largest absolute Gasteiger partial charge is 0.393 e. The van der Waals surface area contributed by atoms with Crippen molar-refractivity contribution in [2.75, 3.05) is 19.6 Å². The van der Waals surface area contributed by atoms with Gasteiger partial charge >= 0.3 is 11.9 Å². The molecule has 14 nitrogen and oxygen atoms in total. The van der Waals surface area contributed by atoms with Crippen molar-refractivity contribution in [3.63, 3.8) is 0 Å². The van der Waals surface area contributed by atoms with Crippen LogP contribution in [-0.4, -0.2) is 83.9 Å². The van der Waals surface area contributed by atoms with Crippen molar-refractivity contribution in [3.8, 4) is 0 Å². The number of nitrogens with zero attached hydrogens (tertiary/aromatic N) is 3. The quantitative estimate of drug-likeness (QED) is 0.123. The predicted octanol–water partition coefficient (Wildman–Crippen LogP) is -1.13. The Kier molecular flexibility index (Phi) is 6.70. The van der Waals surface area contributed by atoms with Crippen LogP contribution in [0.3, 0.4) is 0 Å². The number of nitrogens with two attached hydrogens (primary N) is 1. The minimum Gasteiger partial charge on any atom is -0.393 e. The van der Waals surface area contributed by atoms with E-state index < -0.39 is 57.1 Å². The summed E-state index contributed by atoms with van der Waals surface area (Å²) in [5.74, 6) is -3.63. The Bertz CT molecular complexity index is 1250. The molecule has 4 rings (SSSR count). The molecule has 2 saturated heterocycles. The summed E-state index contributed by atoms with van der Waals surface area (Å²) in [4.78, 5) is 51.7. The summed E-state index contributed by atoms with van der Waals surface area (Å²) in [5.41, 5.74) is 0.102. The van der Waals surface area contributed by atoms with Gasteiger partial charge < -0.3 is 14.7 Å². The minimum atomic E-state index is -3.87. The molecule has 3 aliphatic rings. The average Bonchev–Trinajstić information content (AvgIpc) is 2.99. The normalized spacial score (nSPS) is 25.2. The standard InChI is InChI=1S/C21H25N5O9S/c1-10-15(9-24-7-13(8-24)23-36(22,33)34)18(25-17(10)16(11(2)27)19(25)28)21(30)35-20(29)12-3-5-14(6-4-12)26(31)32/h3-6,10-11,13,16-17,23,27H,7-9H2,1-2H3,(H2,22,33,34)/t10-,11+,16+,17+/m0/s1. The van der Waals surface area contributed by atoms with Gasteiger partial charge in [0, 0.05) is 43.7 Å². The molecule has 2 fully saturated rings. The molecule has 3 heterocycles. The molecule has 0 spiro atoms. The fourth-order valence-electron chi connectivity index (χ4n) is 5.00. The number of ether oxygens (including phenoxy) is 1. The molecule has 0 saturated carbocycles. The van der Waals surface area contributed by atoms with Gasteiger partial charge in [-0.1, -0.05) is 6.92 Å². The van der Waals surface area contributed by atoms with E-state index in [1.807, 2.05) is 4.90 Å². The van der Waals surface area contributed by atoms with E-state index in [4.69, 9.17) is 9.88 Å². The summed E-state index contributed by atoms with van der Waals surface area (Å²) in [6, 6.07) is 3.60. The van der Waals surface area contributed by atoms with Gasteiger partial charge in [0.1, 0.15) is 5.70 Å². The molecule has 1 amide bonds. The zero-order valence-corrected chi connectivity index (χ0v) is 20.2. The SMILES string of the molecule is C[C@@H](O)[C@H]1C(=O)N2C(C(=O)OC(=O)c3ccc([N+](=O)[O-])cc3)=C(CN3CC(NS(N)(=O)=O)C3)[C@H](C)[C@H]12. The second-order valence-electron chi connectivity index (χ2n) is 9.16. The van der Waals surface area contributed by atoms with E-state index >= 15 is 0 Å². The number of nitro groups is 1. The summed E-state index contributed by atoms with van der Waals surface area (Å²) in [6.07, 6.45) is -0.952. The molecule has 0 bridgehead atoms. The molecular formula is C21H25N5O9S. The number of carbonyl (C=O) groups is 3. The van der Waals surface area contributed by atoms with Crippen molar-refractivity contribution in [2.24, 2.45) is 17.0 Å². The van der Waals surface area contributed by atoms with Crippen LogP contribution in [0.1, 0.15) is 24.2 Å². The molecule has 0 unspecified atom stereocenters. The van der Waals surface area contributed by atoms with Crippen molar-refractivity contribution < 1.29 is 37.6 Å². The Morgan fingerprint density at radius 1 is 1.28 bits per heavy atom. The van der Waals surface area contributed by atoms with Gasteiger partial charge in [-0.05, 0) is 24.6 Å². The Hall–Kier alpha value is -3.24. The number of fused-ring (bicyclic) bond motifs is 1. The van der Waals surface area contributed by atoms with Crippen LogP contribution >= 0.6 is 0 Å². The van der Waals surface area contributed by atoms with Crippen molar-refractivity contribution in [1.82, 2.24) is 14.5 Å². The van der Waals surface area contributed by atoms with Crippen LogP contribution in [0.4, 0.5) is 5.69 Å². The van der Waals surface area contributed by atoms with Gasteiger partial charge in [-0.2, -0.15) is 13.1 Å². The third-order valence-electron chi connectivity index (χ3n) is 6.69. The van der Waals surface area contributed by atoms with Gasteiger partial charge in [-0.3, -0.25) is 19.8 Å². The van der Waals surface area contributed by atoms with Gasteiger partial charge in [0.25, 0.3) is 15.9 Å². The van der Waals surface area contributed by atoms with Crippen LogP contribution in [0.2, 0.25) is 0 Å². The first kappa shape index (κ1) is 25.8. The lowest BCUT2D eigenvalue weighted by Gasteiger charge is -2.46. The number of nitro benzene ring substituents is 1. The van der Waals surface area contributed by atoms with Gasteiger partial charge in [-0.25, -0.2) is 14.7 Å². The number of benzene rings is 1. The van der Waals surface area contributed by atoms with Crippen molar-refractivity contribution in [1.29, 1.82) is 0 Å². The molecule has 1 aromatic rings. The Morgan fingerprint density at radius 2 is 1.89 bits per heavy atom. The molecule has 0 aromatic heterocycles. The highest BCUT2D eigenvalue weighted by Gasteiger charge is 2.60. The number of rotatable bonds is 8. The van der Waals surface area contributed by atoms with Gasteiger partial charge in [0.15, 0.2) is 0 Å². The third kappa shape index (κ3) is 4.75. The van der Waals surface area contributed by atoms with Gasteiger partial charge in [0.05, 0.1) is 28.6 Å². The summed E-state index contributed by atoms with van der Waals surface area (Å²) >= 11 is 0. The molecule has 3 aliphatic heterocycles. The summed E-state index contributed by atoms with van der Waals surface area (Å²) in [5, 5.41) is 25.9. The monoisotopic (exact) mass is 523 g/mol. The van der Waals surface area contributed by atoms with Crippen molar-refractivity contribution >= 4 is 33.7 Å². The zero-order chi connectivity index (χ0) is 26.5. The van der Waals surface area contributed by atoms with E-state index in [-0.39, 0.29) is 29.4 Å². The van der Waals surface area contributed by atoms with Crippen LogP contribution in [0.15, 0.2) is 35.5 Å². The number of aliphatic hydroxyl groups excluding tert-OH is 1. The number of esters is 2. The van der Waals surface area contributed by atoms with Crippen molar-refractivity contribution in [2.45, 2.75) is 32.0 Å². The van der Waals surface area contributed by atoms with E-state index in [2.05, 4.69) is 4.72 Å². The number of hydrogen-bond donors (Lipinski definition) is 3. The van der Waals surface area contributed by atoms with E-state index in [0.29, 0.717) is 18.7 Å². The van der Waals surface area contributed by atoms with Crippen molar-refractivity contribution in [3.05, 3.63) is 51.2 Å².